The third-order valence-electron chi connectivity index (χ3n) is 10.7. The largest absolute Gasteiger partial charge is 0.254 e. The maximum atomic E-state index is 5.18. The second kappa shape index (κ2) is 12.1. The molecular formula is C50H30N4. The second-order valence-electron chi connectivity index (χ2n) is 13.9. The minimum absolute atomic E-state index is 0.917. The van der Waals surface area contributed by atoms with Crippen molar-refractivity contribution < 1.29 is 0 Å². The second-order valence-corrected chi connectivity index (χ2v) is 13.9. The highest BCUT2D eigenvalue weighted by Gasteiger charge is 2.14. The zero-order chi connectivity index (χ0) is 35.6. The molecule has 11 rings (SSSR count). The van der Waals surface area contributed by atoms with E-state index in [1.807, 2.05) is 12.3 Å². The van der Waals surface area contributed by atoms with Gasteiger partial charge in [0.15, 0.2) is 0 Å². The van der Waals surface area contributed by atoms with Gasteiger partial charge in [-0.05, 0) is 87.3 Å². The predicted octanol–water partition coefficient (Wildman–Crippen LogP) is 12.9. The Kier molecular flexibility index (Phi) is 6.82. The molecule has 4 nitrogen and oxygen atoms in total. The van der Waals surface area contributed by atoms with Crippen molar-refractivity contribution in [2.24, 2.45) is 0 Å². The van der Waals surface area contributed by atoms with Gasteiger partial charge in [0, 0.05) is 44.4 Å². The molecule has 4 aromatic heterocycles. The lowest BCUT2D eigenvalue weighted by Crippen LogP contribution is -1.92. The van der Waals surface area contributed by atoms with E-state index in [1.54, 1.807) is 0 Å². The van der Waals surface area contributed by atoms with Gasteiger partial charge in [0.05, 0.1) is 39.1 Å². The molecule has 0 atom stereocenters. The number of pyridine rings is 4. The summed E-state index contributed by atoms with van der Waals surface area (Å²) in [6, 6.07) is 62.1. The van der Waals surface area contributed by atoms with Crippen molar-refractivity contribution in [3.63, 3.8) is 0 Å². The van der Waals surface area contributed by atoms with Crippen LogP contribution in [0.3, 0.4) is 0 Å². The van der Waals surface area contributed by atoms with Gasteiger partial charge in [0.1, 0.15) is 0 Å². The quantitative estimate of drug-likeness (QED) is 0.173. The third-order valence-corrected chi connectivity index (χ3v) is 10.7. The first-order valence-corrected chi connectivity index (χ1v) is 18.2. The van der Waals surface area contributed by atoms with Crippen molar-refractivity contribution in [2.75, 3.05) is 0 Å². The fraction of sp³-hybridized carbons (Fsp3) is 0. The number of rotatable bonds is 4. The summed E-state index contributed by atoms with van der Waals surface area (Å²) in [5.41, 5.74) is 12.2. The van der Waals surface area contributed by atoms with Gasteiger partial charge in [-0.1, -0.05) is 121 Å². The molecule has 0 aliphatic carbocycles. The Balaban J connectivity index is 0.925. The van der Waals surface area contributed by atoms with Crippen LogP contribution < -0.4 is 0 Å². The lowest BCUT2D eigenvalue weighted by atomic mass is 9.95. The first-order chi connectivity index (χ1) is 26.7. The van der Waals surface area contributed by atoms with E-state index in [0.29, 0.717) is 0 Å². The summed E-state index contributed by atoms with van der Waals surface area (Å²) in [6.07, 6.45) is 1.83. The SMILES string of the molecule is c1ccc2cc(-c3ccc4cc(-c5ccc6nc(-c7ccc(-c8ccc9ccc%10cccnc%10c9n8)c8ccccc78)ccc6c5)ccc4n3)ccc2c1. The molecule has 0 fully saturated rings. The molecule has 4 heterocycles. The molecule has 4 heteroatoms. The molecule has 54 heavy (non-hydrogen) atoms. The lowest BCUT2D eigenvalue weighted by Gasteiger charge is -2.13. The average Bonchev–Trinajstić information content (AvgIpc) is 3.25. The Morgan fingerprint density at radius 2 is 0.796 bits per heavy atom. The van der Waals surface area contributed by atoms with E-state index in [1.165, 1.54) is 10.8 Å². The van der Waals surface area contributed by atoms with E-state index in [2.05, 4.69) is 175 Å². The monoisotopic (exact) mass is 686 g/mol. The molecular weight excluding hydrogens is 657 g/mol. The van der Waals surface area contributed by atoms with E-state index in [-0.39, 0.29) is 0 Å². The molecule has 0 amide bonds. The van der Waals surface area contributed by atoms with Gasteiger partial charge in [-0.25, -0.2) is 15.0 Å². The Hall–Kier alpha value is -7.30. The molecule has 0 spiro atoms. The van der Waals surface area contributed by atoms with Crippen LogP contribution in [0, 0.1) is 0 Å². The summed E-state index contributed by atoms with van der Waals surface area (Å²) in [5, 5.41) is 9.13. The molecule has 0 radical (unpaired) electrons. The van der Waals surface area contributed by atoms with Crippen LogP contribution in [0.1, 0.15) is 0 Å². The molecule has 0 bridgehead atoms. The predicted molar refractivity (Wildman–Crippen MR) is 224 cm³/mol. The standard InChI is InChI=1S/C50H30N4/c1-2-7-34-28-37(14-11-31(34)6-1)45-24-18-38-29-35(16-22-44(38)52-45)36-17-23-46-39(30-36)19-26-47(53-46)42-20-21-43(41-10-4-3-9-40(41)42)48-25-15-33-13-12-32-8-5-27-51-49(32)50(33)54-48/h1-30H. The van der Waals surface area contributed by atoms with Crippen molar-refractivity contribution in [2.45, 2.75) is 0 Å². The van der Waals surface area contributed by atoms with Crippen LogP contribution in [0.25, 0.3) is 110 Å². The van der Waals surface area contributed by atoms with E-state index in [0.717, 1.165) is 99.3 Å². The molecule has 0 saturated carbocycles. The summed E-state index contributed by atoms with van der Waals surface area (Å²) >= 11 is 0. The smallest absolute Gasteiger partial charge is 0.0972 e. The van der Waals surface area contributed by atoms with Gasteiger partial charge in [0.2, 0.25) is 0 Å². The van der Waals surface area contributed by atoms with Gasteiger partial charge in [-0.2, -0.15) is 0 Å². The summed E-state index contributed by atoms with van der Waals surface area (Å²) in [6.45, 7) is 0. The third kappa shape index (κ3) is 5.07. The maximum Gasteiger partial charge on any atom is 0.0972 e. The Labute approximate surface area is 311 Å². The summed E-state index contributed by atoms with van der Waals surface area (Å²) in [5.74, 6) is 0. The van der Waals surface area contributed by atoms with Crippen molar-refractivity contribution in [1.82, 2.24) is 19.9 Å². The van der Waals surface area contributed by atoms with Gasteiger partial charge >= 0.3 is 0 Å². The minimum Gasteiger partial charge on any atom is -0.254 e. The first-order valence-electron chi connectivity index (χ1n) is 18.2. The highest BCUT2D eigenvalue weighted by atomic mass is 14.8. The molecule has 0 saturated heterocycles. The molecule has 0 aliphatic heterocycles. The van der Waals surface area contributed by atoms with Gasteiger partial charge < -0.3 is 0 Å². The number of aromatic nitrogens is 4. The molecule has 7 aromatic carbocycles. The fourth-order valence-corrected chi connectivity index (χ4v) is 7.89. The van der Waals surface area contributed by atoms with Crippen LogP contribution in [-0.4, -0.2) is 19.9 Å². The van der Waals surface area contributed by atoms with Crippen molar-refractivity contribution in [3.8, 4) is 44.9 Å². The molecule has 11 aromatic rings. The summed E-state index contributed by atoms with van der Waals surface area (Å²) in [4.78, 5) is 20.0. The summed E-state index contributed by atoms with van der Waals surface area (Å²) in [7, 11) is 0. The van der Waals surface area contributed by atoms with Crippen molar-refractivity contribution in [3.05, 3.63) is 182 Å². The highest BCUT2D eigenvalue weighted by molar-refractivity contribution is 6.07. The minimum atomic E-state index is 0.917. The first kappa shape index (κ1) is 30.3. The Bertz CT molecular complexity index is 3290. The van der Waals surface area contributed by atoms with Gasteiger partial charge in [-0.3, -0.25) is 4.98 Å². The number of nitrogens with zero attached hydrogens (tertiary/aromatic N) is 4. The van der Waals surface area contributed by atoms with Crippen LogP contribution in [0.15, 0.2) is 182 Å². The van der Waals surface area contributed by atoms with Gasteiger partial charge in [0.25, 0.3) is 0 Å². The molecule has 250 valence electrons. The van der Waals surface area contributed by atoms with Crippen LogP contribution in [0.4, 0.5) is 0 Å². The Morgan fingerprint density at radius 1 is 0.296 bits per heavy atom. The number of benzene rings is 7. The van der Waals surface area contributed by atoms with E-state index in [9.17, 15) is 0 Å². The van der Waals surface area contributed by atoms with Crippen LogP contribution >= 0.6 is 0 Å². The van der Waals surface area contributed by atoms with E-state index in [4.69, 9.17) is 15.0 Å². The number of hydrogen-bond acceptors (Lipinski definition) is 4. The number of fused-ring (bicyclic) bond motifs is 7. The Morgan fingerprint density at radius 3 is 1.52 bits per heavy atom. The molecule has 0 unspecified atom stereocenters. The lowest BCUT2D eigenvalue weighted by molar-refractivity contribution is 1.37. The van der Waals surface area contributed by atoms with Crippen molar-refractivity contribution >= 4 is 65.2 Å². The highest BCUT2D eigenvalue weighted by Crippen LogP contribution is 2.37. The topological polar surface area (TPSA) is 51.6 Å². The van der Waals surface area contributed by atoms with Crippen LogP contribution in [0.2, 0.25) is 0 Å². The van der Waals surface area contributed by atoms with Crippen molar-refractivity contribution in [1.29, 1.82) is 0 Å². The van der Waals surface area contributed by atoms with E-state index < -0.39 is 0 Å². The zero-order valence-corrected chi connectivity index (χ0v) is 29.1. The molecule has 0 N–H and O–H groups in total. The molecule has 0 aliphatic rings. The van der Waals surface area contributed by atoms with Crippen LogP contribution in [-0.2, 0) is 0 Å². The van der Waals surface area contributed by atoms with Crippen LogP contribution in [0.5, 0.6) is 0 Å². The number of hydrogen-bond donors (Lipinski definition) is 0. The van der Waals surface area contributed by atoms with Gasteiger partial charge in [-0.15, -0.1) is 0 Å². The van der Waals surface area contributed by atoms with E-state index >= 15 is 0 Å². The summed E-state index contributed by atoms with van der Waals surface area (Å²) < 4.78 is 0. The zero-order valence-electron chi connectivity index (χ0n) is 29.1. The average molecular weight is 687 g/mol. The normalized spacial score (nSPS) is 11.7. The fourth-order valence-electron chi connectivity index (χ4n) is 7.89. The maximum absolute atomic E-state index is 5.18.